The quantitative estimate of drug-likeness (QED) is 0.744. The van der Waals surface area contributed by atoms with Crippen molar-refractivity contribution >= 4 is 11.7 Å². The maximum absolute atomic E-state index is 10.6. The number of carbonyl (C=O) groups is 1. The molecule has 0 spiro atoms. The lowest BCUT2D eigenvalue weighted by Crippen LogP contribution is -2.18. The third-order valence-electron chi connectivity index (χ3n) is 1.90. The lowest BCUT2D eigenvalue weighted by atomic mass is 10.2. The Morgan fingerprint density at radius 3 is 2.87 bits per heavy atom. The minimum absolute atomic E-state index is 0.252. The fourth-order valence-corrected chi connectivity index (χ4v) is 1.27. The summed E-state index contributed by atoms with van der Waals surface area (Å²) in [5, 5.41) is 11.8. The second-order valence-electron chi connectivity index (χ2n) is 2.79. The first-order valence-corrected chi connectivity index (χ1v) is 5.01. The van der Waals surface area contributed by atoms with E-state index in [-0.39, 0.29) is 5.56 Å². The molecule has 1 heterocycles. The summed E-state index contributed by atoms with van der Waals surface area (Å²) in [5.74, 6) is -0.317. The van der Waals surface area contributed by atoms with Gasteiger partial charge in [-0.25, -0.2) is 4.79 Å². The highest BCUT2D eigenvalue weighted by molar-refractivity contribution is 5.89. The third kappa shape index (κ3) is 2.62. The van der Waals surface area contributed by atoms with Crippen molar-refractivity contribution in [3.63, 3.8) is 0 Å². The zero-order valence-electron chi connectivity index (χ0n) is 8.91. The Kier molecular flexibility index (Phi) is 3.97. The molecule has 0 fully saturated rings. The summed E-state index contributed by atoms with van der Waals surface area (Å²) in [6, 6.07) is 4.81. The molecule has 0 amide bonds. The molecule has 4 heteroatoms. The lowest BCUT2D eigenvalue weighted by Gasteiger charge is -2.18. The number of nitrogens with one attached hydrogen (secondary N) is 1. The van der Waals surface area contributed by atoms with Gasteiger partial charge in [-0.2, -0.15) is 0 Å². The number of benzene rings is 1. The molecule has 0 saturated heterocycles. The Hall–Kier alpha value is -1.71. The normalized spacial score (nSPS) is 12.4. The van der Waals surface area contributed by atoms with Crippen LogP contribution < -0.4 is 10.1 Å². The summed E-state index contributed by atoms with van der Waals surface area (Å²) < 4.78 is 5.29. The van der Waals surface area contributed by atoms with Crippen molar-refractivity contribution in [3.05, 3.63) is 23.8 Å². The monoisotopic (exact) mass is 209 g/mol. The second-order valence-corrected chi connectivity index (χ2v) is 2.79. The topological polar surface area (TPSA) is 58.6 Å². The zero-order valence-corrected chi connectivity index (χ0v) is 8.91. The number of hydrogen-bond acceptors (Lipinski definition) is 3. The molecule has 1 aliphatic heterocycles. The minimum Gasteiger partial charge on any atom is -0.490 e. The van der Waals surface area contributed by atoms with Gasteiger partial charge in [-0.15, -0.1) is 0 Å². The van der Waals surface area contributed by atoms with Gasteiger partial charge in [-0.1, -0.05) is 13.8 Å². The van der Waals surface area contributed by atoms with E-state index in [2.05, 4.69) is 5.32 Å². The summed E-state index contributed by atoms with van der Waals surface area (Å²) in [7, 11) is 0. The number of fused-ring (bicyclic) bond motifs is 1. The van der Waals surface area contributed by atoms with Crippen LogP contribution in [0, 0.1) is 0 Å². The van der Waals surface area contributed by atoms with Crippen molar-refractivity contribution in [2.24, 2.45) is 0 Å². The third-order valence-corrected chi connectivity index (χ3v) is 1.90. The number of hydrogen-bond donors (Lipinski definition) is 2. The van der Waals surface area contributed by atoms with Gasteiger partial charge in [0.05, 0.1) is 11.3 Å². The number of rotatable bonds is 1. The summed E-state index contributed by atoms with van der Waals surface area (Å²) >= 11 is 0. The largest absolute Gasteiger partial charge is 0.490 e. The van der Waals surface area contributed by atoms with Crippen LogP contribution in [0.3, 0.4) is 0 Å². The molecule has 1 aromatic rings. The maximum Gasteiger partial charge on any atom is 0.335 e. The van der Waals surface area contributed by atoms with Crippen molar-refractivity contribution in [3.8, 4) is 5.75 Å². The van der Waals surface area contributed by atoms with Crippen LogP contribution in [0.15, 0.2) is 18.2 Å². The van der Waals surface area contributed by atoms with Crippen LogP contribution in [0.2, 0.25) is 0 Å². The van der Waals surface area contributed by atoms with Gasteiger partial charge < -0.3 is 15.2 Å². The zero-order chi connectivity index (χ0) is 11.3. The molecule has 2 N–H and O–H groups in total. The molecule has 82 valence electrons. The summed E-state index contributed by atoms with van der Waals surface area (Å²) in [6.07, 6.45) is 0. The van der Waals surface area contributed by atoms with E-state index < -0.39 is 5.97 Å². The van der Waals surface area contributed by atoms with Gasteiger partial charge in [0, 0.05) is 6.54 Å². The van der Waals surface area contributed by atoms with Crippen molar-refractivity contribution < 1.29 is 14.6 Å². The first-order valence-electron chi connectivity index (χ1n) is 5.01. The van der Waals surface area contributed by atoms with Crippen LogP contribution in [0.4, 0.5) is 5.69 Å². The lowest BCUT2D eigenvalue weighted by molar-refractivity contribution is 0.0696. The minimum atomic E-state index is -0.933. The molecule has 0 aliphatic carbocycles. The Labute approximate surface area is 88.9 Å². The van der Waals surface area contributed by atoms with E-state index in [0.29, 0.717) is 12.4 Å². The van der Waals surface area contributed by atoms with E-state index in [0.717, 1.165) is 12.2 Å². The highest BCUT2D eigenvalue weighted by atomic mass is 16.5. The number of aromatic carboxylic acids is 1. The number of carboxylic acids is 1. The smallest absolute Gasteiger partial charge is 0.335 e. The maximum atomic E-state index is 10.6. The highest BCUT2D eigenvalue weighted by Crippen LogP contribution is 2.27. The molecule has 1 aromatic carbocycles. The van der Waals surface area contributed by atoms with Gasteiger partial charge in [0.2, 0.25) is 0 Å². The highest BCUT2D eigenvalue weighted by Gasteiger charge is 2.12. The van der Waals surface area contributed by atoms with Gasteiger partial charge in [-0.3, -0.25) is 0 Å². The second kappa shape index (κ2) is 5.24. The van der Waals surface area contributed by atoms with Crippen LogP contribution in [0.25, 0.3) is 0 Å². The van der Waals surface area contributed by atoms with Crippen LogP contribution in [0.5, 0.6) is 5.75 Å². The van der Waals surface area contributed by atoms with Crippen molar-refractivity contribution in [2.75, 3.05) is 18.5 Å². The van der Waals surface area contributed by atoms with Gasteiger partial charge in [0.1, 0.15) is 12.4 Å². The van der Waals surface area contributed by atoms with E-state index >= 15 is 0 Å². The SMILES string of the molecule is CC.O=C(O)c1ccc2c(c1)OCCN2. The summed E-state index contributed by atoms with van der Waals surface area (Å²) in [5.41, 5.74) is 1.11. The van der Waals surface area contributed by atoms with Crippen LogP contribution >= 0.6 is 0 Å². The number of anilines is 1. The van der Waals surface area contributed by atoms with Crippen molar-refractivity contribution in [2.45, 2.75) is 13.8 Å². The molecule has 0 aromatic heterocycles. The van der Waals surface area contributed by atoms with Gasteiger partial charge >= 0.3 is 5.97 Å². The molecule has 0 radical (unpaired) electrons. The Bertz CT molecular complexity index is 350. The van der Waals surface area contributed by atoms with Crippen molar-refractivity contribution in [1.29, 1.82) is 0 Å². The average Bonchev–Trinajstić information content (AvgIpc) is 2.31. The summed E-state index contributed by atoms with van der Waals surface area (Å²) in [6.45, 7) is 5.34. The van der Waals surface area contributed by atoms with E-state index in [1.807, 2.05) is 13.8 Å². The van der Waals surface area contributed by atoms with Gasteiger partial charge in [0.25, 0.3) is 0 Å². The fourth-order valence-electron chi connectivity index (χ4n) is 1.27. The van der Waals surface area contributed by atoms with E-state index in [1.54, 1.807) is 12.1 Å². The molecule has 15 heavy (non-hydrogen) atoms. The van der Waals surface area contributed by atoms with Crippen LogP contribution in [0.1, 0.15) is 24.2 Å². The first-order chi connectivity index (χ1) is 7.27. The molecule has 0 bridgehead atoms. The Morgan fingerprint density at radius 2 is 2.20 bits per heavy atom. The number of ether oxygens (including phenoxy) is 1. The molecular formula is C11H15NO3. The Morgan fingerprint density at radius 1 is 1.47 bits per heavy atom. The standard InChI is InChI=1S/C9H9NO3.C2H6/c11-9(12)6-1-2-7-8(5-6)13-4-3-10-7;1-2/h1-2,5,10H,3-4H2,(H,11,12);1-2H3. The van der Waals surface area contributed by atoms with Gasteiger partial charge in [-0.05, 0) is 18.2 Å². The molecule has 2 rings (SSSR count). The fraction of sp³-hybridized carbons (Fsp3) is 0.364. The Balaban J connectivity index is 0.000000531. The number of carboxylic acid groups (broad SMARTS) is 1. The van der Waals surface area contributed by atoms with Gasteiger partial charge in [0.15, 0.2) is 0 Å². The molecule has 0 atom stereocenters. The van der Waals surface area contributed by atoms with E-state index in [9.17, 15) is 4.79 Å². The van der Waals surface area contributed by atoms with E-state index in [1.165, 1.54) is 6.07 Å². The average molecular weight is 209 g/mol. The molecule has 1 aliphatic rings. The molecule has 0 saturated carbocycles. The van der Waals surface area contributed by atoms with Crippen molar-refractivity contribution in [1.82, 2.24) is 0 Å². The molecule has 4 nitrogen and oxygen atoms in total. The molecule has 0 unspecified atom stereocenters. The van der Waals surface area contributed by atoms with Crippen LogP contribution in [-0.4, -0.2) is 24.2 Å². The summed E-state index contributed by atoms with van der Waals surface area (Å²) in [4.78, 5) is 10.6. The predicted molar refractivity (Wildman–Crippen MR) is 58.7 cm³/mol. The molecular weight excluding hydrogens is 194 g/mol. The predicted octanol–water partition coefficient (Wildman–Crippen LogP) is 2.22. The van der Waals surface area contributed by atoms with Crippen LogP contribution in [-0.2, 0) is 0 Å². The van der Waals surface area contributed by atoms with E-state index in [4.69, 9.17) is 9.84 Å². The first kappa shape index (κ1) is 11.4.